The number of benzene rings is 1. The molecule has 5 rings (SSSR count). The van der Waals surface area contributed by atoms with Gasteiger partial charge in [-0.15, -0.1) is 0 Å². The highest BCUT2D eigenvalue weighted by atomic mass is 16.5. The Morgan fingerprint density at radius 3 is 2.41 bits per heavy atom. The molecule has 1 amide bonds. The van der Waals surface area contributed by atoms with E-state index in [1.165, 1.54) is 0 Å². The minimum Gasteiger partial charge on any atom is -0.422 e. The molecule has 1 aliphatic rings. The first-order chi connectivity index (χ1) is 16.2. The number of piperazine rings is 1. The Labute approximate surface area is 197 Å². The monoisotopic (exact) mass is 460 g/mol. The second-order valence-electron chi connectivity index (χ2n) is 9.75. The van der Waals surface area contributed by atoms with Crippen LogP contribution in [0.15, 0.2) is 39.3 Å². The Hall–Kier alpha value is -3.75. The van der Waals surface area contributed by atoms with Gasteiger partial charge in [-0.05, 0) is 43.7 Å². The van der Waals surface area contributed by atoms with Crippen LogP contribution < -0.4 is 4.90 Å². The first-order valence-electron chi connectivity index (χ1n) is 11.4. The fourth-order valence-corrected chi connectivity index (χ4v) is 4.01. The van der Waals surface area contributed by atoms with Crippen molar-refractivity contribution < 1.29 is 13.7 Å². The second-order valence-corrected chi connectivity index (χ2v) is 9.75. The maximum atomic E-state index is 13.2. The number of pyridine rings is 1. The maximum Gasteiger partial charge on any atom is 0.300 e. The van der Waals surface area contributed by atoms with E-state index < -0.39 is 0 Å². The number of hydrogen-bond donors (Lipinski definition) is 0. The third-order valence-electron chi connectivity index (χ3n) is 6.00. The van der Waals surface area contributed by atoms with Gasteiger partial charge >= 0.3 is 0 Å². The molecular weight excluding hydrogens is 432 g/mol. The van der Waals surface area contributed by atoms with Gasteiger partial charge in [-0.3, -0.25) is 4.79 Å². The summed E-state index contributed by atoms with van der Waals surface area (Å²) in [5.41, 5.74) is 4.41. The number of aryl methyl sites for hydroxylation is 2. The van der Waals surface area contributed by atoms with Crippen molar-refractivity contribution in [3.63, 3.8) is 0 Å². The van der Waals surface area contributed by atoms with E-state index in [0.29, 0.717) is 60.7 Å². The van der Waals surface area contributed by atoms with Crippen molar-refractivity contribution in [3.8, 4) is 11.4 Å². The molecule has 0 aliphatic carbocycles. The minimum atomic E-state index is -0.218. The van der Waals surface area contributed by atoms with Crippen LogP contribution in [-0.4, -0.2) is 57.1 Å². The Balaban J connectivity index is 1.27. The van der Waals surface area contributed by atoms with Gasteiger partial charge < -0.3 is 18.7 Å². The summed E-state index contributed by atoms with van der Waals surface area (Å²) in [5, 5.41) is 4.13. The number of amides is 1. The molecule has 9 nitrogen and oxygen atoms in total. The SMILES string of the molecule is Cc1ccc2oc(N3CCN(C(=O)c4ccc(-c5noc(C(C)(C)C)n5)c(C)c4)CC3)nc2n1. The third kappa shape index (κ3) is 4.13. The van der Waals surface area contributed by atoms with E-state index in [1.807, 2.05) is 69.9 Å². The number of rotatable bonds is 3. The quantitative estimate of drug-likeness (QED) is 0.449. The number of hydrogen-bond acceptors (Lipinski definition) is 8. The highest BCUT2D eigenvalue weighted by Gasteiger charge is 2.26. The first-order valence-corrected chi connectivity index (χ1v) is 11.4. The molecule has 0 bridgehead atoms. The lowest BCUT2D eigenvalue weighted by Crippen LogP contribution is -2.48. The van der Waals surface area contributed by atoms with Crippen molar-refractivity contribution >= 4 is 23.2 Å². The maximum absolute atomic E-state index is 13.2. The Morgan fingerprint density at radius 2 is 1.74 bits per heavy atom. The lowest BCUT2D eigenvalue weighted by Gasteiger charge is -2.33. The molecule has 4 heterocycles. The number of fused-ring (bicyclic) bond motifs is 1. The van der Waals surface area contributed by atoms with E-state index in [0.717, 1.165) is 16.8 Å². The zero-order valence-corrected chi connectivity index (χ0v) is 20.1. The molecule has 0 N–H and O–H groups in total. The van der Waals surface area contributed by atoms with Gasteiger partial charge in [0.2, 0.25) is 17.4 Å². The van der Waals surface area contributed by atoms with Gasteiger partial charge in [-0.25, -0.2) is 4.98 Å². The van der Waals surface area contributed by atoms with Crippen molar-refractivity contribution in [1.29, 1.82) is 0 Å². The van der Waals surface area contributed by atoms with Crippen LogP contribution in [0.1, 0.15) is 48.3 Å². The summed E-state index contributed by atoms with van der Waals surface area (Å²) in [4.78, 5) is 30.5. The predicted molar refractivity (Wildman–Crippen MR) is 128 cm³/mol. The van der Waals surface area contributed by atoms with Crippen LogP contribution in [-0.2, 0) is 5.41 Å². The number of nitrogens with zero attached hydrogens (tertiary/aromatic N) is 6. The minimum absolute atomic E-state index is 0.00708. The van der Waals surface area contributed by atoms with Gasteiger partial charge in [0.15, 0.2) is 5.58 Å². The predicted octanol–water partition coefficient (Wildman–Crippen LogP) is 4.15. The van der Waals surface area contributed by atoms with E-state index in [-0.39, 0.29) is 11.3 Å². The number of anilines is 1. The molecule has 34 heavy (non-hydrogen) atoms. The number of oxazole rings is 1. The number of carbonyl (C=O) groups excluding carboxylic acids is 1. The summed E-state index contributed by atoms with van der Waals surface area (Å²) in [5.74, 6) is 1.13. The smallest absolute Gasteiger partial charge is 0.300 e. The molecule has 1 saturated heterocycles. The van der Waals surface area contributed by atoms with E-state index >= 15 is 0 Å². The molecule has 0 atom stereocenters. The molecule has 1 fully saturated rings. The molecule has 0 radical (unpaired) electrons. The molecule has 9 heteroatoms. The standard InChI is InChI=1S/C25H28N6O3/c1-15-14-17(7-8-18(15)20-27-23(34-29-20)25(3,4)5)22(32)30-10-12-31(13-11-30)24-28-21-19(33-24)9-6-16(2)26-21/h6-9,14H,10-13H2,1-5H3. The normalized spacial score (nSPS) is 14.7. The van der Waals surface area contributed by atoms with Crippen molar-refractivity contribution in [2.75, 3.05) is 31.1 Å². The van der Waals surface area contributed by atoms with Crippen molar-refractivity contribution in [2.45, 2.75) is 40.0 Å². The van der Waals surface area contributed by atoms with Crippen molar-refractivity contribution in [1.82, 2.24) is 25.0 Å². The van der Waals surface area contributed by atoms with E-state index in [4.69, 9.17) is 8.94 Å². The van der Waals surface area contributed by atoms with Gasteiger partial charge in [-0.2, -0.15) is 9.97 Å². The summed E-state index contributed by atoms with van der Waals surface area (Å²) in [7, 11) is 0. The van der Waals surface area contributed by atoms with E-state index in [2.05, 4.69) is 25.0 Å². The zero-order valence-electron chi connectivity index (χ0n) is 20.1. The number of carbonyl (C=O) groups is 1. The highest BCUT2D eigenvalue weighted by molar-refractivity contribution is 5.95. The Morgan fingerprint density at radius 1 is 0.971 bits per heavy atom. The molecule has 0 spiro atoms. The molecular formula is C25H28N6O3. The van der Waals surface area contributed by atoms with Gasteiger partial charge in [-0.1, -0.05) is 32.0 Å². The lowest BCUT2D eigenvalue weighted by molar-refractivity contribution is 0.0745. The van der Waals surface area contributed by atoms with Crippen LogP contribution in [0.4, 0.5) is 6.01 Å². The van der Waals surface area contributed by atoms with Gasteiger partial charge in [0.05, 0.1) is 0 Å². The van der Waals surface area contributed by atoms with E-state index in [9.17, 15) is 4.79 Å². The van der Waals surface area contributed by atoms with Crippen molar-refractivity contribution in [2.24, 2.45) is 0 Å². The lowest BCUT2D eigenvalue weighted by atomic mass is 9.97. The topological polar surface area (TPSA) is 101 Å². The average Bonchev–Trinajstić information content (AvgIpc) is 3.46. The summed E-state index contributed by atoms with van der Waals surface area (Å²) < 4.78 is 11.3. The van der Waals surface area contributed by atoms with Crippen LogP contribution in [0.2, 0.25) is 0 Å². The van der Waals surface area contributed by atoms with E-state index in [1.54, 1.807) is 0 Å². The molecule has 0 unspecified atom stereocenters. The fourth-order valence-electron chi connectivity index (χ4n) is 4.01. The van der Waals surface area contributed by atoms with Crippen LogP contribution in [0, 0.1) is 13.8 Å². The molecule has 4 aromatic rings. The van der Waals surface area contributed by atoms with Crippen LogP contribution >= 0.6 is 0 Å². The molecule has 3 aromatic heterocycles. The summed E-state index contributed by atoms with van der Waals surface area (Å²) in [6.45, 7) is 12.4. The average molecular weight is 461 g/mol. The second kappa shape index (κ2) is 8.23. The highest BCUT2D eigenvalue weighted by Crippen LogP contribution is 2.27. The summed E-state index contributed by atoms with van der Waals surface area (Å²) in [6, 6.07) is 9.96. The van der Waals surface area contributed by atoms with Gasteiger partial charge in [0.1, 0.15) is 0 Å². The summed E-state index contributed by atoms with van der Waals surface area (Å²) >= 11 is 0. The first kappa shape index (κ1) is 22.1. The third-order valence-corrected chi connectivity index (χ3v) is 6.00. The number of aromatic nitrogens is 4. The largest absolute Gasteiger partial charge is 0.422 e. The van der Waals surface area contributed by atoms with Gasteiger partial charge in [0.25, 0.3) is 11.9 Å². The zero-order chi connectivity index (χ0) is 24.0. The molecule has 1 aliphatic heterocycles. The fraction of sp³-hybridized carbons (Fsp3) is 0.400. The van der Waals surface area contributed by atoms with Crippen LogP contribution in [0.3, 0.4) is 0 Å². The molecule has 0 saturated carbocycles. The van der Waals surface area contributed by atoms with Crippen LogP contribution in [0.25, 0.3) is 22.6 Å². The van der Waals surface area contributed by atoms with Crippen LogP contribution in [0.5, 0.6) is 0 Å². The molecule has 1 aromatic carbocycles. The Bertz CT molecular complexity index is 1360. The molecule has 176 valence electrons. The Kier molecular flexibility index (Phi) is 5.34. The van der Waals surface area contributed by atoms with Crippen molar-refractivity contribution in [3.05, 3.63) is 53.0 Å². The van der Waals surface area contributed by atoms with Gasteiger partial charge in [0, 0.05) is 48.4 Å². The summed E-state index contributed by atoms with van der Waals surface area (Å²) in [6.07, 6.45) is 0.